The number of hydrogen-bond acceptors (Lipinski definition) is 5. The van der Waals surface area contributed by atoms with E-state index in [-0.39, 0.29) is 18.0 Å². The number of amides is 1. The Morgan fingerprint density at radius 3 is 2.81 bits per heavy atom. The van der Waals surface area contributed by atoms with Crippen molar-refractivity contribution < 1.29 is 4.79 Å². The van der Waals surface area contributed by atoms with Crippen LogP contribution in [0.15, 0.2) is 36.4 Å². The number of piperidine rings is 2. The fourth-order valence-electron chi connectivity index (χ4n) is 4.03. The SMILES string of the molecule is Cc1nc(CN2C(=O)C3CCC2CN3)c2cc(-c3ccccc3)sc2n1. The van der Waals surface area contributed by atoms with Crippen molar-refractivity contribution >= 4 is 27.5 Å². The minimum absolute atomic E-state index is 0.0132. The van der Waals surface area contributed by atoms with Gasteiger partial charge in [0.25, 0.3) is 0 Å². The molecule has 5 nitrogen and oxygen atoms in total. The fraction of sp³-hybridized carbons (Fsp3) is 0.350. The van der Waals surface area contributed by atoms with E-state index in [9.17, 15) is 4.79 Å². The van der Waals surface area contributed by atoms with Crippen LogP contribution in [0.25, 0.3) is 20.7 Å². The number of benzene rings is 1. The van der Waals surface area contributed by atoms with Crippen molar-refractivity contribution in [1.29, 1.82) is 0 Å². The summed E-state index contributed by atoms with van der Waals surface area (Å²) in [4.78, 5) is 26.2. The van der Waals surface area contributed by atoms with E-state index in [1.54, 1.807) is 11.3 Å². The molecule has 0 aliphatic carbocycles. The van der Waals surface area contributed by atoms with Crippen molar-refractivity contribution in [3.63, 3.8) is 0 Å². The summed E-state index contributed by atoms with van der Waals surface area (Å²) in [6.07, 6.45) is 2.03. The molecule has 3 saturated heterocycles. The number of piperazine rings is 1. The summed E-state index contributed by atoms with van der Waals surface area (Å²) >= 11 is 1.69. The Labute approximate surface area is 156 Å². The molecule has 6 rings (SSSR count). The van der Waals surface area contributed by atoms with Crippen LogP contribution in [0.1, 0.15) is 24.4 Å². The molecule has 1 aromatic carbocycles. The molecular formula is C20H20N4OS. The summed E-state index contributed by atoms with van der Waals surface area (Å²) in [5, 5.41) is 4.41. The highest BCUT2D eigenvalue weighted by Crippen LogP contribution is 2.35. The molecule has 2 aromatic heterocycles. The van der Waals surface area contributed by atoms with Gasteiger partial charge in [0.05, 0.1) is 18.3 Å². The summed E-state index contributed by atoms with van der Waals surface area (Å²) in [6, 6.07) is 12.8. The summed E-state index contributed by atoms with van der Waals surface area (Å²) < 4.78 is 0. The molecule has 3 aromatic rings. The lowest BCUT2D eigenvalue weighted by atomic mass is 9.92. The summed E-state index contributed by atoms with van der Waals surface area (Å²) in [7, 11) is 0. The zero-order chi connectivity index (χ0) is 17.7. The van der Waals surface area contributed by atoms with Crippen LogP contribution in [-0.4, -0.2) is 39.4 Å². The van der Waals surface area contributed by atoms with Gasteiger partial charge in [-0.1, -0.05) is 30.3 Å². The average Bonchev–Trinajstić information content (AvgIpc) is 3.10. The maximum absolute atomic E-state index is 12.7. The predicted molar refractivity (Wildman–Crippen MR) is 103 cm³/mol. The quantitative estimate of drug-likeness (QED) is 0.776. The molecule has 3 aliphatic heterocycles. The third-order valence-electron chi connectivity index (χ3n) is 5.37. The van der Waals surface area contributed by atoms with Crippen LogP contribution in [0, 0.1) is 6.92 Å². The monoisotopic (exact) mass is 364 g/mol. The van der Waals surface area contributed by atoms with Crippen molar-refractivity contribution in [1.82, 2.24) is 20.2 Å². The largest absolute Gasteiger partial charge is 0.331 e. The zero-order valence-electron chi connectivity index (χ0n) is 14.6. The molecule has 0 saturated carbocycles. The lowest BCUT2D eigenvalue weighted by Gasteiger charge is -2.45. The topological polar surface area (TPSA) is 58.1 Å². The summed E-state index contributed by atoms with van der Waals surface area (Å²) in [5.74, 6) is 0.983. The molecule has 2 unspecified atom stereocenters. The van der Waals surface area contributed by atoms with Gasteiger partial charge >= 0.3 is 0 Å². The van der Waals surface area contributed by atoms with Crippen LogP contribution in [0.3, 0.4) is 0 Å². The molecule has 2 bridgehead atoms. The first-order chi connectivity index (χ1) is 12.7. The van der Waals surface area contributed by atoms with E-state index < -0.39 is 0 Å². The molecule has 132 valence electrons. The number of rotatable bonds is 3. The van der Waals surface area contributed by atoms with Crippen LogP contribution < -0.4 is 5.32 Å². The van der Waals surface area contributed by atoms with Gasteiger partial charge in [0, 0.05) is 22.8 Å². The Kier molecular flexibility index (Phi) is 3.76. The van der Waals surface area contributed by atoms with Crippen molar-refractivity contribution in [2.75, 3.05) is 6.54 Å². The van der Waals surface area contributed by atoms with Gasteiger partial charge in [0.15, 0.2) is 0 Å². The number of nitrogens with zero attached hydrogens (tertiary/aromatic N) is 3. The maximum atomic E-state index is 12.7. The number of aryl methyl sites for hydroxylation is 1. The van der Waals surface area contributed by atoms with E-state index >= 15 is 0 Å². The Bertz CT molecular complexity index is 976. The normalized spacial score (nSPS) is 22.3. The first kappa shape index (κ1) is 15.9. The first-order valence-electron chi connectivity index (χ1n) is 9.05. The highest BCUT2D eigenvalue weighted by atomic mass is 32.1. The van der Waals surface area contributed by atoms with Crippen LogP contribution in [0.4, 0.5) is 0 Å². The minimum Gasteiger partial charge on any atom is -0.331 e. The van der Waals surface area contributed by atoms with Gasteiger partial charge in [-0.05, 0) is 31.4 Å². The van der Waals surface area contributed by atoms with Crippen molar-refractivity contribution in [3.05, 3.63) is 47.9 Å². The highest BCUT2D eigenvalue weighted by molar-refractivity contribution is 7.21. The average molecular weight is 364 g/mol. The van der Waals surface area contributed by atoms with Gasteiger partial charge in [0.2, 0.25) is 5.91 Å². The molecule has 5 heterocycles. The van der Waals surface area contributed by atoms with Gasteiger partial charge in [-0.3, -0.25) is 4.79 Å². The van der Waals surface area contributed by atoms with E-state index in [0.29, 0.717) is 6.54 Å². The molecule has 3 fully saturated rings. The molecule has 26 heavy (non-hydrogen) atoms. The van der Waals surface area contributed by atoms with E-state index in [2.05, 4.69) is 28.5 Å². The lowest BCUT2D eigenvalue weighted by molar-refractivity contribution is -0.143. The number of carbonyl (C=O) groups excluding carboxylic acids is 1. The Balaban J connectivity index is 1.55. The van der Waals surface area contributed by atoms with Crippen molar-refractivity contribution in [2.24, 2.45) is 0 Å². The van der Waals surface area contributed by atoms with Gasteiger partial charge in [-0.2, -0.15) is 0 Å². The second kappa shape index (κ2) is 6.14. The number of nitrogens with one attached hydrogen (secondary N) is 1. The van der Waals surface area contributed by atoms with Crippen molar-refractivity contribution in [2.45, 2.75) is 38.4 Å². The van der Waals surface area contributed by atoms with Crippen LogP contribution in [0.5, 0.6) is 0 Å². The Morgan fingerprint density at radius 2 is 2.08 bits per heavy atom. The van der Waals surface area contributed by atoms with Crippen molar-refractivity contribution in [3.8, 4) is 10.4 Å². The number of carbonyl (C=O) groups is 1. The molecule has 1 N–H and O–H groups in total. The maximum Gasteiger partial charge on any atom is 0.240 e. The minimum atomic E-state index is -0.0132. The summed E-state index contributed by atoms with van der Waals surface area (Å²) in [6.45, 7) is 3.39. The van der Waals surface area contributed by atoms with Gasteiger partial charge in [-0.15, -0.1) is 11.3 Å². The molecular weight excluding hydrogens is 344 g/mol. The van der Waals surface area contributed by atoms with E-state index in [1.807, 2.05) is 30.0 Å². The first-order valence-corrected chi connectivity index (χ1v) is 9.87. The van der Waals surface area contributed by atoms with Crippen LogP contribution in [-0.2, 0) is 11.3 Å². The van der Waals surface area contributed by atoms with Crippen LogP contribution in [0.2, 0.25) is 0 Å². The molecule has 0 radical (unpaired) electrons. The number of aromatic nitrogens is 2. The Morgan fingerprint density at radius 1 is 1.23 bits per heavy atom. The molecule has 1 amide bonds. The van der Waals surface area contributed by atoms with E-state index in [0.717, 1.165) is 41.1 Å². The van der Waals surface area contributed by atoms with Gasteiger partial charge < -0.3 is 10.2 Å². The third kappa shape index (κ3) is 2.61. The van der Waals surface area contributed by atoms with Gasteiger partial charge in [0.1, 0.15) is 10.7 Å². The smallest absolute Gasteiger partial charge is 0.240 e. The van der Waals surface area contributed by atoms with Crippen LogP contribution >= 0.6 is 11.3 Å². The highest BCUT2D eigenvalue weighted by Gasteiger charge is 2.40. The Hall–Kier alpha value is -2.31. The second-order valence-electron chi connectivity index (χ2n) is 7.07. The fourth-order valence-corrected chi connectivity index (χ4v) is 5.13. The molecule has 2 atom stereocenters. The summed E-state index contributed by atoms with van der Waals surface area (Å²) in [5.41, 5.74) is 2.16. The van der Waals surface area contributed by atoms with Gasteiger partial charge in [-0.25, -0.2) is 9.97 Å². The molecule has 6 heteroatoms. The number of fused-ring (bicyclic) bond motifs is 4. The number of thiophene rings is 1. The molecule has 3 aliphatic rings. The lowest BCUT2D eigenvalue weighted by Crippen LogP contribution is -2.63. The second-order valence-corrected chi connectivity index (χ2v) is 8.10. The standard InChI is InChI=1S/C20H20N4OS/c1-12-22-17(11-24-14-7-8-16(20(24)25)21-10-14)15-9-18(26-19(15)23-12)13-5-3-2-4-6-13/h2-6,9,14,16,21H,7-8,10-11H2,1H3. The predicted octanol–water partition coefficient (Wildman–Crippen LogP) is 3.13. The third-order valence-corrected chi connectivity index (χ3v) is 6.45. The van der Waals surface area contributed by atoms with E-state index in [4.69, 9.17) is 4.98 Å². The molecule has 0 spiro atoms. The zero-order valence-corrected chi connectivity index (χ0v) is 15.4. The van der Waals surface area contributed by atoms with E-state index in [1.165, 1.54) is 10.4 Å². The number of hydrogen-bond donors (Lipinski definition) is 1.